The summed E-state index contributed by atoms with van der Waals surface area (Å²) in [6, 6.07) is 7.66. The van der Waals surface area contributed by atoms with Crippen molar-refractivity contribution in [2.75, 3.05) is 0 Å². The predicted molar refractivity (Wildman–Crippen MR) is 84.1 cm³/mol. The van der Waals surface area contributed by atoms with E-state index in [0.717, 1.165) is 0 Å². The minimum atomic E-state index is -0.477. The molecule has 0 saturated carbocycles. The van der Waals surface area contributed by atoms with E-state index in [0.29, 0.717) is 22.5 Å². The molecular weight excluding hydrogens is 313 g/mol. The van der Waals surface area contributed by atoms with Gasteiger partial charge in [-0.2, -0.15) is 0 Å². The smallest absolute Gasteiger partial charge is 0.267 e. The predicted octanol–water partition coefficient (Wildman–Crippen LogP) is 2.16. The zero-order valence-corrected chi connectivity index (χ0v) is 13.0. The Bertz CT molecular complexity index is 923. The van der Waals surface area contributed by atoms with E-state index in [1.807, 2.05) is 0 Å². The molecule has 7 nitrogen and oxygen atoms in total. The number of halogens is 1. The fourth-order valence-electron chi connectivity index (χ4n) is 2.32. The van der Waals surface area contributed by atoms with Crippen LogP contribution < -0.4 is 11.3 Å². The van der Waals surface area contributed by atoms with Crippen LogP contribution in [0, 0.1) is 19.7 Å². The lowest BCUT2D eigenvalue weighted by molar-refractivity contribution is 0.0952. The van der Waals surface area contributed by atoms with Gasteiger partial charge in [-0.1, -0.05) is 12.1 Å². The summed E-state index contributed by atoms with van der Waals surface area (Å²) in [5.74, 6) is 4.43. The molecule has 0 atom stereocenters. The summed E-state index contributed by atoms with van der Waals surface area (Å²) in [6.07, 6.45) is 0. The Morgan fingerprint density at radius 3 is 2.46 bits per heavy atom. The van der Waals surface area contributed by atoms with Gasteiger partial charge in [0.15, 0.2) is 0 Å². The zero-order valence-electron chi connectivity index (χ0n) is 13.0. The summed E-state index contributed by atoms with van der Waals surface area (Å²) >= 11 is 0. The molecule has 0 unspecified atom stereocenters. The largest absolute Gasteiger partial charge is 0.416 e. The number of hydrogen-bond donors (Lipinski definition) is 2. The van der Waals surface area contributed by atoms with Crippen LogP contribution in [0.2, 0.25) is 0 Å². The van der Waals surface area contributed by atoms with Crippen LogP contribution in [0.4, 0.5) is 4.39 Å². The number of hydrazine groups is 1. The van der Waals surface area contributed by atoms with Crippen LogP contribution in [0.1, 0.15) is 21.7 Å². The lowest BCUT2D eigenvalue weighted by Gasteiger charge is -2.07. The molecule has 24 heavy (non-hydrogen) atoms. The van der Waals surface area contributed by atoms with Crippen molar-refractivity contribution < 1.29 is 13.6 Å². The Hall–Kier alpha value is -3.13. The Morgan fingerprint density at radius 1 is 1.12 bits per heavy atom. The molecule has 122 valence electrons. The molecule has 8 heteroatoms. The van der Waals surface area contributed by atoms with Crippen LogP contribution in [-0.2, 0) is 0 Å². The van der Waals surface area contributed by atoms with E-state index < -0.39 is 11.7 Å². The van der Waals surface area contributed by atoms with Gasteiger partial charge in [-0.25, -0.2) is 10.2 Å². The minimum Gasteiger partial charge on any atom is -0.416 e. The number of pyridine rings is 1. The summed E-state index contributed by atoms with van der Waals surface area (Å²) in [5, 5.41) is 7.81. The third kappa shape index (κ3) is 2.74. The minimum absolute atomic E-state index is 0.0490. The number of rotatable bonds is 3. The molecule has 0 saturated heterocycles. The SMILES string of the molecule is Cc1nc(C)c(-c2nnc(-c3ccccc3F)o2)cc1C(=O)NN. The summed E-state index contributed by atoms with van der Waals surface area (Å²) in [5.41, 5.74) is 4.17. The van der Waals surface area contributed by atoms with Crippen LogP contribution in [-0.4, -0.2) is 21.1 Å². The molecule has 1 amide bonds. The number of aryl methyl sites for hydroxylation is 2. The van der Waals surface area contributed by atoms with Gasteiger partial charge in [0.1, 0.15) is 5.82 Å². The van der Waals surface area contributed by atoms with Gasteiger partial charge < -0.3 is 4.42 Å². The highest BCUT2D eigenvalue weighted by molar-refractivity contribution is 5.95. The monoisotopic (exact) mass is 327 g/mol. The molecule has 0 aliphatic heterocycles. The van der Waals surface area contributed by atoms with Crippen molar-refractivity contribution in [1.29, 1.82) is 0 Å². The Kier molecular flexibility index (Phi) is 4.05. The van der Waals surface area contributed by atoms with Crippen molar-refractivity contribution in [2.24, 2.45) is 5.84 Å². The molecule has 3 aromatic rings. The third-order valence-corrected chi connectivity index (χ3v) is 3.54. The number of carbonyl (C=O) groups excluding carboxylic acids is 1. The van der Waals surface area contributed by atoms with E-state index in [9.17, 15) is 9.18 Å². The summed E-state index contributed by atoms with van der Waals surface area (Å²) < 4.78 is 19.4. The van der Waals surface area contributed by atoms with Crippen LogP contribution in [0.15, 0.2) is 34.7 Å². The molecule has 3 N–H and O–H groups in total. The second kappa shape index (κ2) is 6.17. The Morgan fingerprint density at radius 2 is 1.79 bits per heavy atom. The molecule has 2 heterocycles. The molecular formula is C16H14FN5O2. The van der Waals surface area contributed by atoms with Gasteiger partial charge in [-0.05, 0) is 32.0 Å². The zero-order chi connectivity index (χ0) is 17.3. The molecule has 0 aliphatic rings. The highest BCUT2D eigenvalue weighted by Gasteiger charge is 2.19. The molecule has 3 rings (SSSR count). The van der Waals surface area contributed by atoms with Crippen molar-refractivity contribution in [1.82, 2.24) is 20.6 Å². The molecule has 0 aliphatic carbocycles. The van der Waals surface area contributed by atoms with Crippen molar-refractivity contribution in [2.45, 2.75) is 13.8 Å². The number of carbonyl (C=O) groups is 1. The average molecular weight is 327 g/mol. The summed E-state index contributed by atoms with van der Waals surface area (Å²) in [7, 11) is 0. The van der Waals surface area contributed by atoms with E-state index in [1.54, 1.807) is 38.1 Å². The van der Waals surface area contributed by atoms with Crippen molar-refractivity contribution in [3.63, 3.8) is 0 Å². The van der Waals surface area contributed by atoms with Gasteiger partial charge in [-0.15, -0.1) is 10.2 Å². The van der Waals surface area contributed by atoms with Crippen LogP contribution in [0.5, 0.6) is 0 Å². The number of nitrogen functional groups attached to an aromatic ring is 1. The first-order valence-corrected chi connectivity index (χ1v) is 7.09. The lowest BCUT2D eigenvalue weighted by Crippen LogP contribution is -2.30. The number of benzene rings is 1. The second-order valence-electron chi connectivity index (χ2n) is 5.12. The quantitative estimate of drug-likeness (QED) is 0.434. The lowest BCUT2D eigenvalue weighted by atomic mass is 10.1. The Balaban J connectivity index is 2.08. The Labute approximate surface area is 136 Å². The first-order chi connectivity index (χ1) is 11.5. The molecule has 1 aromatic carbocycles. The number of hydrogen-bond acceptors (Lipinski definition) is 6. The van der Waals surface area contributed by atoms with E-state index in [-0.39, 0.29) is 17.3 Å². The van der Waals surface area contributed by atoms with Gasteiger partial charge in [0.05, 0.1) is 28.1 Å². The van der Waals surface area contributed by atoms with E-state index >= 15 is 0 Å². The van der Waals surface area contributed by atoms with Crippen LogP contribution in [0.3, 0.4) is 0 Å². The van der Waals surface area contributed by atoms with Gasteiger partial charge in [0, 0.05) is 0 Å². The van der Waals surface area contributed by atoms with E-state index in [1.165, 1.54) is 6.07 Å². The number of aromatic nitrogens is 3. The maximum Gasteiger partial charge on any atom is 0.267 e. The molecule has 0 radical (unpaired) electrons. The van der Waals surface area contributed by atoms with Crippen molar-refractivity contribution in [3.8, 4) is 22.9 Å². The fraction of sp³-hybridized carbons (Fsp3) is 0.125. The highest BCUT2D eigenvalue weighted by atomic mass is 19.1. The van der Waals surface area contributed by atoms with Gasteiger partial charge in [0.25, 0.3) is 11.8 Å². The first-order valence-electron chi connectivity index (χ1n) is 7.09. The first kappa shape index (κ1) is 15.8. The maximum absolute atomic E-state index is 13.8. The van der Waals surface area contributed by atoms with E-state index in [4.69, 9.17) is 10.3 Å². The molecule has 0 fully saturated rings. The number of nitrogens with zero attached hydrogens (tertiary/aromatic N) is 3. The van der Waals surface area contributed by atoms with Gasteiger partial charge >= 0.3 is 0 Å². The molecule has 2 aromatic heterocycles. The number of nitrogens with one attached hydrogen (secondary N) is 1. The van der Waals surface area contributed by atoms with Crippen LogP contribution >= 0.6 is 0 Å². The topological polar surface area (TPSA) is 107 Å². The van der Waals surface area contributed by atoms with Gasteiger partial charge in [-0.3, -0.25) is 15.2 Å². The number of nitrogens with two attached hydrogens (primary N) is 1. The third-order valence-electron chi connectivity index (χ3n) is 3.54. The van der Waals surface area contributed by atoms with Crippen molar-refractivity contribution in [3.05, 3.63) is 53.1 Å². The summed E-state index contributed by atoms with van der Waals surface area (Å²) in [4.78, 5) is 16.1. The van der Waals surface area contributed by atoms with Gasteiger partial charge in [0.2, 0.25) is 5.89 Å². The maximum atomic E-state index is 13.8. The van der Waals surface area contributed by atoms with Crippen molar-refractivity contribution >= 4 is 5.91 Å². The van der Waals surface area contributed by atoms with E-state index in [2.05, 4.69) is 20.6 Å². The second-order valence-corrected chi connectivity index (χ2v) is 5.12. The molecule has 0 bridgehead atoms. The normalized spacial score (nSPS) is 10.7. The fourth-order valence-corrected chi connectivity index (χ4v) is 2.32. The highest BCUT2D eigenvalue weighted by Crippen LogP contribution is 2.28. The molecule has 0 spiro atoms. The average Bonchev–Trinajstić information content (AvgIpc) is 3.04. The standard InChI is InChI=1S/C16H14FN5O2/c1-8-11(14(23)20-18)7-12(9(2)19-8)16-22-21-15(24-16)10-5-3-4-6-13(10)17/h3-7H,18H2,1-2H3,(H,20,23). The number of amides is 1. The van der Waals surface area contributed by atoms with Crippen LogP contribution in [0.25, 0.3) is 22.9 Å². The summed E-state index contributed by atoms with van der Waals surface area (Å²) in [6.45, 7) is 3.44.